The van der Waals surface area contributed by atoms with E-state index in [1.165, 1.54) is 42.1 Å². The van der Waals surface area contributed by atoms with Crippen molar-refractivity contribution >= 4 is 11.3 Å². The van der Waals surface area contributed by atoms with Gasteiger partial charge in [0.15, 0.2) is 0 Å². The van der Waals surface area contributed by atoms with Gasteiger partial charge in [-0.2, -0.15) is 0 Å². The quantitative estimate of drug-likeness (QED) is 0.870. The molecule has 3 aliphatic rings. The summed E-state index contributed by atoms with van der Waals surface area (Å²) >= 11 is 1.86. The van der Waals surface area contributed by atoms with Crippen LogP contribution in [0.2, 0.25) is 0 Å². The van der Waals surface area contributed by atoms with Gasteiger partial charge in [0, 0.05) is 24.9 Å². The van der Waals surface area contributed by atoms with Gasteiger partial charge in [-0.25, -0.2) is 0 Å². The lowest BCUT2D eigenvalue weighted by Gasteiger charge is -2.05. The van der Waals surface area contributed by atoms with Crippen LogP contribution in [0.1, 0.15) is 48.0 Å². The smallest absolute Gasteiger partial charge is 0.120 e. The predicted octanol–water partition coefficient (Wildman–Crippen LogP) is 2.35. The minimum atomic E-state index is 0.751. The number of rotatable bonds is 5. The second-order valence-corrected chi connectivity index (χ2v) is 7.03. The van der Waals surface area contributed by atoms with E-state index >= 15 is 0 Å². The number of nitrogens with one attached hydrogen (secondary N) is 1. The molecule has 0 saturated heterocycles. The third-order valence-electron chi connectivity index (χ3n) is 4.42. The molecule has 1 aromatic rings. The van der Waals surface area contributed by atoms with Crippen LogP contribution < -0.4 is 5.32 Å². The molecule has 0 radical (unpaired) electrons. The Balaban J connectivity index is 1.32. The van der Waals surface area contributed by atoms with E-state index in [2.05, 4.69) is 15.5 Å². The fraction of sp³-hybridized carbons (Fsp3) is 0.846. The van der Waals surface area contributed by atoms with Crippen LogP contribution in [0.25, 0.3) is 0 Å². The molecule has 2 unspecified atom stereocenters. The normalized spacial score (nSPS) is 34.9. The van der Waals surface area contributed by atoms with E-state index in [-0.39, 0.29) is 0 Å². The van der Waals surface area contributed by atoms with Gasteiger partial charge in [-0.1, -0.05) is 0 Å². The van der Waals surface area contributed by atoms with E-state index in [0.717, 1.165) is 36.8 Å². The topological polar surface area (TPSA) is 37.8 Å². The van der Waals surface area contributed by atoms with Gasteiger partial charge in [0.25, 0.3) is 0 Å². The summed E-state index contributed by atoms with van der Waals surface area (Å²) < 4.78 is 0. The Hall–Kier alpha value is -0.480. The standard InChI is InChI=1S/C13H19N3S/c1-2-11(1)14-4-3-12-15-16-13(17-12)10-6-8-5-9(8)7-10/h8-11,14H,1-7H2. The van der Waals surface area contributed by atoms with E-state index in [4.69, 9.17) is 0 Å². The molecule has 4 heteroatoms. The molecule has 1 aromatic heterocycles. The van der Waals surface area contributed by atoms with Crippen LogP contribution >= 0.6 is 11.3 Å². The molecular weight excluding hydrogens is 230 g/mol. The molecule has 92 valence electrons. The van der Waals surface area contributed by atoms with Crippen LogP contribution in [0.15, 0.2) is 0 Å². The van der Waals surface area contributed by atoms with Gasteiger partial charge in [0.2, 0.25) is 0 Å². The highest BCUT2D eigenvalue weighted by atomic mass is 32.1. The van der Waals surface area contributed by atoms with Crippen molar-refractivity contribution in [1.82, 2.24) is 15.5 Å². The third-order valence-corrected chi connectivity index (χ3v) is 5.57. The van der Waals surface area contributed by atoms with E-state index in [9.17, 15) is 0 Å². The van der Waals surface area contributed by atoms with Crippen LogP contribution in [-0.2, 0) is 6.42 Å². The molecular formula is C13H19N3S. The Labute approximate surface area is 106 Å². The monoisotopic (exact) mass is 249 g/mol. The highest BCUT2D eigenvalue weighted by molar-refractivity contribution is 7.11. The average molecular weight is 249 g/mol. The van der Waals surface area contributed by atoms with Crippen LogP contribution in [0.5, 0.6) is 0 Å². The maximum Gasteiger partial charge on any atom is 0.120 e. The molecule has 0 spiro atoms. The zero-order valence-corrected chi connectivity index (χ0v) is 10.9. The Bertz CT molecular complexity index is 403. The van der Waals surface area contributed by atoms with Crippen LogP contribution in [0, 0.1) is 11.8 Å². The minimum Gasteiger partial charge on any atom is -0.314 e. The van der Waals surface area contributed by atoms with Crippen LogP contribution in [-0.4, -0.2) is 22.8 Å². The van der Waals surface area contributed by atoms with Crippen LogP contribution in [0.3, 0.4) is 0 Å². The second kappa shape index (κ2) is 4.02. The summed E-state index contributed by atoms with van der Waals surface area (Å²) in [6, 6.07) is 0.810. The van der Waals surface area contributed by atoms with E-state index in [0.29, 0.717) is 0 Å². The van der Waals surface area contributed by atoms with Crippen molar-refractivity contribution in [2.75, 3.05) is 6.54 Å². The summed E-state index contributed by atoms with van der Waals surface area (Å²) in [5.74, 6) is 2.84. The van der Waals surface area contributed by atoms with Gasteiger partial charge in [-0.3, -0.25) is 0 Å². The van der Waals surface area contributed by atoms with Crippen molar-refractivity contribution in [3.63, 3.8) is 0 Å². The van der Waals surface area contributed by atoms with Gasteiger partial charge < -0.3 is 5.32 Å². The Kier molecular flexibility index (Phi) is 2.47. The summed E-state index contributed by atoms with van der Waals surface area (Å²) in [5.41, 5.74) is 0. The fourth-order valence-electron chi connectivity index (χ4n) is 3.12. The van der Waals surface area contributed by atoms with Gasteiger partial charge in [0.1, 0.15) is 10.0 Å². The van der Waals surface area contributed by atoms with Crippen molar-refractivity contribution in [2.45, 2.75) is 50.5 Å². The molecule has 3 nitrogen and oxygen atoms in total. The summed E-state index contributed by atoms with van der Waals surface area (Å²) in [4.78, 5) is 0. The molecule has 3 saturated carbocycles. The Morgan fingerprint density at radius 1 is 1.12 bits per heavy atom. The van der Waals surface area contributed by atoms with Crippen molar-refractivity contribution in [3.05, 3.63) is 10.0 Å². The number of aromatic nitrogens is 2. The first-order valence-corrected chi connectivity index (χ1v) is 7.76. The lowest BCUT2D eigenvalue weighted by Crippen LogP contribution is -2.19. The minimum absolute atomic E-state index is 0.751. The first-order valence-electron chi connectivity index (χ1n) is 6.94. The number of fused-ring (bicyclic) bond motifs is 1. The largest absolute Gasteiger partial charge is 0.314 e. The second-order valence-electron chi connectivity index (χ2n) is 5.94. The van der Waals surface area contributed by atoms with Gasteiger partial charge in [-0.15, -0.1) is 21.5 Å². The summed E-state index contributed by atoms with van der Waals surface area (Å²) in [6.45, 7) is 1.08. The molecule has 1 heterocycles. The SMILES string of the molecule is C(Cc1nnc(C2CC3CC3C2)s1)NC1CC1. The number of hydrogen-bond acceptors (Lipinski definition) is 4. The molecule has 0 aromatic carbocycles. The van der Waals surface area contributed by atoms with E-state index < -0.39 is 0 Å². The van der Waals surface area contributed by atoms with Gasteiger partial charge >= 0.3 is 0 Å². The van der Waals surface area contributed by atoms with E-state index in [1.807, 2.05) is 11.3 Å². The molecule has 17 heavy (non-hydrogen) atoms. The van der Waals surface area contributed by atoms with Crippen LogP contribution in [0.4, 0.5) is 0 Å². The molecule has 2 atom stereocenters. The highest BCUT2D eigenvalue weighted by Gasteiger charge is 2.47. The molecule has 0 bridgehead atoms. The number of hydrogen-bond donors (Lipinski definition) is 1. The first kappa shape index (κ1) is 10.4. The molecule has 3 aliphatic carbocycles. The zero-order chi connectivity index (χ0) is 11.2. The van der Waals surface area contributed by atoms with Gasteiger partial charge in [-0.05, 0) is 43.9 Å². The molecule has 0 amide bonds. The average Bonchev–Trinajstić information content (AvgIpc) is 3.20. The Morgan fingerprint density at radius 3 is 2.71 bits per heavy atom. The first-order chi connectivity index (χ1) is 8.38. The lowest BCUT2D eigenvalue weighted by atomic mass is 10.1. The van der Waals surface area contributed by atoms with Gasteiger partial charge in [0.05, 0.1) is 0 Å². The van der Waals surface area contributed by atoms with E-state index in [1.54, 1.807) is 0 Å². The molecule has 3 fully saturated rings. The van der Waals surface area contributed by atoms with Crippen molar-refractivity contribution in [1.29, 1.82) is 0 Å². The molecule has 0 aliphatic heterocycles. The molecule has 4 rings (SSSR count). The maximum atomic E-state index is 4.41. The summed E-state index contributed by atoms with van der Waals surface area (Å²) in [7, 11) is 0. The number of nitrogens with zero attached hydrogens (tertiary/aromatic N) is 2. The Morgan fingerprint density at radius 2 is 1.94 bits per heavy atom. The third kappa shape index (κ3) is 2.25. The summed E-state index contributed by atoms with van der Waals surface area (Å²) in [5, 5.41) is 14.8. The van der Waals surface area contributed by atoms with Crippen molar-refractivity contribution in [3.8, 4) is 0 Å². The molecule has 1 N–H and O–H groups in total. The van der Waals surface area contributed by atoms with Crippen molar-refractivity contribution in [2.24, 2.45) is 11.8 Å². The lowest BCUT2D eigenvalue weighted by molar-refractivity contribution is 0.614. The van der Waals surface area contributed by atoms with Crippen molar-refractivity contribution < 1.29 is 0 Å². The summed E-state index contributed by atoms with van der Waals surface area (Å²) in [6.07, 6.45) is 8.07. The zero-order valence-electron chi connectivity index (χ0n) is 10.1. The predicted molar refractivity (Wildman–Crippen MR) is 68.2 cm³/mol. The highest BCUT2D eigenvalue weighted by Crippen LogP contribution is 2.57. The maximum absolute atomic E-state index is 4.41. The fourth-order valence-corrected chi connectivity index (χ4v) is 4.09.